The van der Waals surface area contributed by atoms with Crippen LogP contribution in [0, 0.1) is 6.92 Å². The van der Waals surface area contributed by atoms with E-state index < -0.39 is 0 Å². The van der Waals surface area contributed by atoms with Crippen molar-refractivity contribution >= 4 is 16.7 Å². The Balaban J connectivity index is 2.08. The van der Waals surface area contributed by atoms with E-state index in [1.807, 2.05) is 6.92 Å². The number of aromatic nitrogens is 2. The minimum Gasteiger partial charge on any atom is -0.343 e. The first-order valence-corrected chi connectivity index (χ1v) is 6.36. The number of rotatable bonds is 3. The van der Waals surface area contributed by atoms with Crippen LogP contribution >= 0.6 is 11.5 Å². The molecule has 1 N–H and O–H groups in total. The van der Waals surface area contributed by atoms with Gasteiger partial charge in [0.1, 0.15) is 5.82 Å². The molecule has 1 saturated heterocycles. The summed E-state index contributed by atoms with van der Waals surface area (Å²) in [5, 5.41) is 4.51. The molecular weight excluding hydrogens is 208 g/mol. The smallest absolute Gasteiger partial charge is 0.205 e. The van der Waals surface area contributed by atoms with Crippen LogP contribution in [0.25, 0.3) is 0 Å². The van der Waals surface area contributed by atoms with E-state index in [0.717, 1.165) is 30.6 Å². The number of hydrogen-bond acceptors (Lipinski definition) is 5. The van der Waals surface area contributed by atoms with E-state index >= 15 is 0 Å². The van der Waals surface area contributed by atoms with Gasteiger partial charge in [-0.25, -0.2) is 4.98 Å². The van der Waals surface area contributed by atoms with Gasteiger partial charge in [-0.05, 0) is 33.2 Å². The lowest BCUT2D eigenvalue weighted by molar-refractivity contribution is 0.435. The van der Waals surface area contributed by atoms with Crippen molar-refractivity contribution < 1.29 is 0 Å². The normalized spacial score (nSPS) is 21.6. The van der Waals surface area contributed by atoms with Crippen LogP contribution in [0.2, 0.25) is 0 Å². The Hall–Kier alpha value is -0.680. The summed E-state index contributed by atoms with van der Waals surface area (Å²) in [7, 11) is 0. The molecule has 15 heavy (non-hydrogen) atoms. The second-order valence-electron chi connectivity index (χ2n) is 3.91. The average Bonchev–Trinajstić information content (AvgIpc) is 2.68. The zero-order valence-electron chi connectivity index (χ0n) is 9.36. The molecule has 5 heteroatoms. The van der Waals surface area contributed by atoms with E-state index in [9.17, 15) is 0 Å². The average molecular weight is 226 g/mol. The Bertz CT molecular complexity index is 306. The van der Waals surface area contributed by atoms with Gasteiger partial charge in [0, 0.05) is 30.7 Å². The summed E-state index contributed by atoms with van der Waals surface area (Å²) in [6.07, 6.45) is 2.53. The maximum atomic E-state index is 4.46. The van der Waals surface area contributed by atoms with E-state index in [0.29, 0.717) is 6.04 Å². The highest BCUT2D eigenvalue weighted by atomic mass is 32.1. The van der Waals surface area contributed by atoms with E-state index in [1.54, 1.807) is 0 Å². The summed E-state index contributed by atoms with van der Waals surface area (Å²) < 4.78 is 4.25. The first kappa shape index (κ1) is 10.8. The molecular formula is C10H18N4S. The highest BCUT2D eigenvalue weighted by Crippen LogP contribution is 2.22. The molecule has 0 saturated carbocycles. The van der Waals surface area contributed by atoms with Crippen molar-refractivity contribution in [2.75, 3.05) is 24.5 Å². The van der Waals surface area contributed by atoms with Crippen LogP contribution in [0.3, 0.4) is 0 Å². The molecule has 1 aliphatic heterocycles. The van der Waals surface area contributed by atoms with Gasteiger partial charge in [-0.15, -0.1) is 0 Å². The summed E-state index contributed by atoms with van der Waals surface area (Å²) in [5.41, 5.74) is 0. The molecule has 2 heterocycles. The minimum absolute atomic E-state index is 0.594. The van der Waals surface area contributed by atoms with Crippen LogP contribution in [-0.4, -0.2) is 35.0 Å². The van der Waals surface area contributed by atoms with E-state index in [2.05, 4.69) is 26.5 Å². The fourth-order valence-corrected chi connectivity index (χ4v) is 2.86. The second-order valence-corrected chi connectivity index (χ2v) is 4.64. The van der Waals surface area contributed by atoms with Gasteiger partial charge in [0.25, 0.3) is 0 Å². The monoisotopic (exact) mass is 226 g/mol. The summed E-state index contributed by atoms with van der Waals surface area (Å²) in [6.45, 7) is 7.38. The second kappa shape index (κ2) is 4.90. The number of nitrogens with one attached hydrogen (secondary N) is 1. The molecule has 1 aromatic rings. The Morgan fingerprint density at radius 2 is 2.47 bits per heavy atom. The SMILES string of the molecule is CCN(c1nc(C)ns1)C1CCCNC1. The molecule has 0 aromatic carbocycles. The molecule has 0 radical (unpaired) electrons. The lowest BCUT2D eigenvalue weighted by atomic mass is 10.1. The highest BCUT2D eigenvalue weighted by molar-refractivity contribution is 7.09. The Labute approximate surface area is 94.9 Å². The van der Waals surface area contributed by atoms with Crippen LogP contribution in [0.15, 0.2) is 0 Å². The number of hydrogen-bond donors (Lipinski definition) is 1. The van der Waals surface area contributed by atoms with Crippen molar-refractivity contribution in [3.8, 4) is 0 Å². The topological polar surface area (TPSA) is 41.1 Å². The van der Waals surface area contributed by atoms with Crippen LogP contribution in [0.1, 0.15) is 25.6 Å². The summed E-state index contributed by atoms with van der Waals surface area (Å²) in [4.78, 5) is 6.83. The van der Waals surface area contributed by atoms with Gasteiger partial charge in [0.2, 0.25) is 5.13 Å². The van der Waals surface area contributed by atoms with Gasteiger partial charge in [-0.2, -0.15) is 4.37 Å². The molecule has 2 rings (SSSR count). The molecule has 84 valence electrons. The Morgan fingerprint density at radius 3 is 3.00 bits per heavy atom. The summed E-state index contributed by atoms with van der Waals surface area (Å²) >= 11 is 1.51. The van der Waals surface area contributed by atoms with Crippen LogP contribution < -0.4 is 10.2 Å². The predicted octanol–water partition coefficient (Wildman–Crippen LogP) is 1.42. The number of nitrogens with zero attached hydrogens (tertiary/aromatic N) is 3. The van der Waals surface area contributed by atoms with Crippen molar-refractivity contribution in [1.29, 1.82) is 0 Å². The van der Waals surface area contributed by atoms with Crippen LogP contribution in [-0.2, 0) is 0 Å². The van der Waals surface area contributed by atoms with Gasteiger partial charge in [0.05, 0.1) is 0 Å². The molecule has 4 nitrogen and oxygen atoms in total. The fourth-order valence-electron chi connectivity index (χ4n) is 2.05. The van der Waals surface area contributed by atoms with Crippen molar-refractivity contribution in [2.24, 2.45) is 0 Å². The quantitative estimate of drug-likeness (QED) is 0.846. The molecule has 1 atom stereocenters. The third kappa shape index (κ3) is 2.46. The zero-order valence-corrected chi connectivity index (χ0v) is 10.2. The number of anilines is 1. The number of piperidine rings is 1. The fraction of sp³-hybridized carbons (Fsp3) is 0.800. The molecule has 0 amide bonds. The minimum atomic E-state index is 0.594. The van der Waals surface area contributed by atoms with E-state index in [4.69, 9.17) is 0 Å². The highest BCUT2D eigenvalue weighted by Gasteiger charge is 2.22. The Morgan fingerprint density at radius 1 is 1.60 bits per heavy atom. The third-order valence-electron chi connectivity index (χ3n) is 2.81. The maximum Gasteiger partial charge on any atom is 0.205 e. The van der Waals surface area contributed by atoms with Gasteiger partial charge < -0.3 is 10.2 Å². The summed E-state index contributed by atoms with van der Waals surface area (Å²) in [6, 6.07) is 0.594. The van der Waals surface area contributed by atoms with Crippen LogP contribution in [0.5, 0.6) is 0 Å². The lowest BCUT2D eigenvalue weighted by Crippen LogP contribution is -2.46. The van der Waals surface area contributed by atoms with Gasteiger partial charge in [-0.3, -0.25) is 0 Å². The number of aryl methyl sites for hydroxylation is 1. The van der Waals surface area contributed by atoms with E-state index in [1.165, 1.54) is 24.4 Å². The van der Waals surface area contributed by atoms with Crippen LogP contribution in [0.4, 0.5) is 5.13 Å². The van der Waals surface area contributed by atoms with Gasteiger partial charge in [-0.1, -0.05) is 0 Å². The molecule has 0 bridgehead atoms. The number of likely N-dealkylation sites (N-methyl/N-ethyl adjacent to an activating group) is 1. The van der Waals surface area contributed by atoms with Gasteiger partial charge >= 0.3 is 0 Å². The standard InChI is InChI=1S/C10H18N4S/c1-3-14(9-5-4-6-11-7-9)10-12-8(2)13-15-10/h9,11H,3-7H2,1-2H3. The summed E-state index contributed by atoms with van der Waals surface area (Å²) in [5.74, 6) is 0.886. The van der Waals surface area contributed by atoms with Crippen molar-refractivity contribution in [1.82, 2.24) is 14.7 Å². The largest absolute Gasteiger partial charge is 0.343 e. The molecule has 1 aromatic heterocycles. The first-order valence-electron chi connectivity index (χ1n) is 5.59. The van der Waals surface area contributed by atoms with E-state index in [-0.39, 0.29) is 0 Å². The Kier molecular flexibility index (Phi) is 3.53. The van der Waals surface area contributed by atoms with Crippen molar-refractivity contribution in [3.05, 3.63) is 5.82 Å². The molecule has 1 fully saturated rings. The maximum absolute atomic E-state index is 4.46. The zero-order chi connectivity index (χ0) is 10.7. The van der Waals surface area contributed by atoms with Gasteiger partial charge in [0.15, 0.2) is 0 Å². The lowest BCUT2D eigenvalue weighted by Gasteiger charge is -2.33. The molecule has 0 aliphatic carbocycles. The molecule has 1 unspecified atom stereocenters. The van der Waals surface area contributed by atoms with Crippen molar-refractivity contribution in [3.63, 3.8) is 0 Å². The first-order chi connectivity index (χ1) is 7.31. The van der Waals surface area contributed by atoms with Crippen molar-refractivity contribution in [2.45, 2.75) is 32.7 Å². The predicted molar refractivity (Wildman–Crippen MR) is 63.6 cm³/mol. The molecule has 0 spiro atoms. The molecule has 1 aliphatic rings. The third-order valence-corrected chi connectivity index (χ3v) is 3.66.